The molecule has 0 heterocycles. The number of aliphatic hydroxyl groups is 2. The van der Waals surface area contributed by atoms with Crippen LogP contribution in [0.5, 0.6) is 0 Å². The smallest absolute Gasteiger partial charge is 0.222 e. The Morgan fingerprint density at radius 1 is 1.03 bits per heavy atom. The highest BCUT2D eigenvalue weighted by molar-refractivity contribution is 8.29. The van der Waals surface area contributed by atoms with Crippen molar-refractivity contribution in [3.8, 4) is 0 Å². The van der Waals surface area contributed by atoms with E-state index in [2.05, 4.69) is 25.7 Å². The van der Waals surface area contributed by atoms with Crippen molar-refractivity contribution in [2.24, 2.45) is 0 Å². The van der Waals surface area contributed by atoms with Gasteiger partial charge in [-0.1, -0.05) is 24.2 Å². The summed E-state index contributed by atoms with van der Waals surface area (Å²) in [6.07, 6.45) is 4.15. The van der Waals surface area contributed by atoms with Gasteiger partial charge in [0, 0.05) is 50.1 Å². The van der Waals surface area contributed by atoms with Crippen molar-refractivity contribution in [1.29, 1.82) is 0 Å². The first-order chi connectivity index (χ1) is 16.1. The highest BCUT2D eigenvalue weighted by Gasteiger charge is 2.24. The first-order valence-corrected chi connectivity index (χ1v) is 14.5. The predicted octanol–water partition coefficient (Wildman–Crippen LogP) is 2.65. The molecule has 0 saturated carbocycles. The van der Waals surface area contributed by atoms with Crippen LogP contribution in [0.25, 0.3) is 0 Å². The molecule has 1 aromatic carbocycles. The molecule has 1 atom stereocenters. The fourth-order valence-corrected chi connectivity index (χ4v) is 4.02. The second-order valence-corrected chi connectivity index (χ2v) is 12.6. The second kappa shape index (κ2) is 16.5. The number of carbonyl (C=O) groups is 1. The molecular formula is C25H44N2O5S2. The zero-order valence-electron chi connectivity index (χ0n) is 21.5. The minimum absolute atomic E-state index is 0.0879. The van der Waals surface area contributed by atoms with Gasteiger partial charge in [-0.15, -0.1) is 9.45 Å². The van der Waals surface area contributed by atoms with Crippen LogP contribution in [0.15, 0.2) is 18.2 Å². The molecule has 196 valence electrons. The maximum absolute atomic E-state index is 12.7. The van der Waals surface area contributed by atoms with Gasteiger partial charge < -0.3 is 29.5 Å². The fourth-order valence-electron chi connectivity index (χ4n) is 3.48. The molecule has 0 fully saturated rings. The maximum Gasteiger partial charge on any atom is 0.222 e. The van der Waals surface area contributed by atoms with Crippen LogP contribution in [0.4, 0.5) is 5.69 Å². The summed E-state index contributed by atoms with van der Waals surface area (Å²) < 4.78 is 11.1. The van der Waals surface area contributed by atoms with E-state index in [9.17, 15) is 15.0 Å². The van der Waals surface area contributed by atoms with Crippen molar-refractivity contribution in [1.82, 2.24) is 4.90 Å². The minimum Gasteiger partial charge on any atom is -0.392 e. The Balaban J connectivity index is 2.74. The Morgan fingerprint density at radius 2 is 1.62 bits per heavy atom. The van der Waals surface area contributed by atoms with Crippen molar-refractivity contribution >= 4 is 32.2 Å². The first kappa shape index (κ1) is 30.9. The lowest BCUT2D eigenvalue weighted by atomic mass is 10.1. The molecule has 1 unspecified atom stereocenters. The lowest BCUT2D eigenvalue weighted by molar-refractivity contribution is -0.130. The van der Waals surface area contributed by atoms with Gasteiger partial charge in [-0.3, -0.25) is 4.79 Å². The molecule has 1 aromatic rings. The summed E-state index contributed by atoms with van der Waals surface area (Å²) in [5.41, 5.74) is 2.40. The number of aliphatic hydroxyl groups excluding tert-OH is 2. The SMILES string of the molecule is CCCOCCOCCN(CCCC(=O)N(C)CC(C)(C)S(C)=S)c1cc(CO)cc(CO)c1. The highest BCUT2D eigenvalue weighted by Crippen LogP contribution is 2.21. The molecule has 0 saturated heterocycles. The molecule has 7 nitrogen and oxygen atoms in total. The van der Waals surface area contributed by atoms with Crippen LogP contribution in [0.1, 0.15) is 51.2 Å². The number of hydrogen-bond donors (Lipinski definition) is 2. The Kier molecular flexibility index (Phi) is 15.1. The normalized spacial score (nSPS) is 12.6. The maximum atomic E-state index is 12.7. The van der Waals surface area contributed by atoms with Crippen LogP contribution in [0.3, 0.4) is 0 Å². The molecule has 0 aliphatic rings. The van der Waals surface area contributed by atoms with E-state index in [1.54, 1.807) is 11.0 Å². The Labute approximate surface area is 213 Å². The van der Waals surface area contributed by atoms with Gasteiger partial charge in [0.15, 0.2) is 0 Å². The molecule has 2 N–H and O–H groups in total. The Hall–Kier alpha value is -1.10. The second-order valence-electron chi connectivity index (χ2n) is 9.10. The van der Waals surface area contributed by atoms with Crippen LogP contribution >= 0.6 is 0 Å². The molecule has 0 bridgehead atoms. The van der Waals surface area contributed by atoms with E-state index in [-0.39, 0.29) is 33.3 Å². The van der Waals surface area contributed by atoms with Crippen molar-refractivity contribution in [2.45, 2.75) is 58.0 Å². The van der Waals surface area contributed by atoms with Crippen LogP contribution in [0, 0.1) is 0 Å². The number of nitrogens with zero attached hydrogens (tertiary/aromatic N) is 2. The molecule has 1 rings (SSSR count). The summed E-state index contributed by atoms with van der Waals surface area (Å²) >= 11 is 5.44. The molecule has 0 aliphatic heterocycles. The van der Waals surface area contributed by atoms with E-state index in [0.29, 0.717) is 52.3 Å². The van der Waals surface area contributed by atoms with Gasteiger partial charge in [-0.05, 0) is 56.2 Å². The zero-order valence-corrected chi connectivity index (χ0v) is 23.2. The van der Waals surface area contributed by atoms with Crippen molar-refractivity contribution in [3.63, 3.8) is 0 Å². The molecule has 9 heteroatoms. The number of ether oxygens (including phenoxy) is 2. The number of rotatable bonds is 18. The lowest BCUT2D eigenvalue weighted by Gasteiger charge is -2.31. The lowest BCUT2D eigenvalue weighted by Crippen LogP contribution is -2.42. The third kappa shape index (κ3) is 11.6. The van der Waals surface area contributed by atoms with Crippen molar-refractivity contribution in [3.05, 3.63) is 29.3 Å². The van der Waals surface area contributed by atoms with Gasteiger partial charge in [0.1, 0.15) is 0 Å². The molecule has 34 heavy (non-hydrogen) atoms. The summed E-state index contributed by atoms with van der Waals surface area (Å²) in [5.74, 6) is 0.109. The summed E-state index contributed by atoms with van der Waals surface area (Å²) in [6, 6.07) is 5.64. The monoisotopic (exact) mass is 516 g/mol. The van der Waals surface area contributed by atoms with Gasteiger partial charge in [-0.2, -0.15) is 0 Å². The zero-order chi connectivity index (χ0) is 25.6. The third-order valence-corrected chi connectivity index (χ3v) is 8.67. The van der Waals surface area contributed by atoms with Gasteiger partial charge >= 0.3 is 0 Å². The van der Waals surface area contributed by atoms with E-state index in [1.807, 2.05) is 25.4 Å². The highest BCUT2D eigenvalue weighted by atomic mass is 32.8. The summed E-state index contributed by atoms with van der Waals surface area (Å²) in [7, 11) is 1.65. The van der Waals surface area contributed by atoms with Gasteiger partial charge in [-0.25, -0.2) is 0 Å². The molecule has 1 amide bonds. The van der Waals surface area contributed by atoms with E-state index in [1.165, 1.54) is 0 Å². The predicted molar refractivity (Wildman–Crippen MR) is 144 cm³/mol. The molecule has 0 radical (unpaired) electrons. The number of hydrogen-bond acceptors (Lipinski definition) is 7. The number of amides is 1. The molecule has 0 aromatic heterocycles. The van der Waals surface area contributed by atoms with Gasteiger partial charge in [0.25, 0.3) is 0 Å². The quantitative estimate of drug-likeness (QED) is 0.290. The van der Waals surface area contributed by atoms with Crippen LogP contribution < -0.4 is 4.90 Å². The van der Waals surface area contributed by atoms with E-state index in [4.69, 9.17) is 20.7 Å². The fraction of sp³-hybridized carbons (Fsp3) is 0.720. The standard InChI is InChI=1S/C25H44N2O5S2/c1-6-11-31-13-14-32-12-10-27(23-16-21(18-28)15-22(17-23)19-29)9-7-8-24(30)26(4)20-25(2,3)34(5)33/h15-17,28-29H,6-14,18-20H2,1-5H3. The van der Waals surface area contributed by atoms with Gasteiger partial charge in [0.2, 0.25) is 5.91 Å². The number of benzene rings is 1. The third-order valence-electron chi connectivity index (χ3n) is 5.63. The van der Waals surface area contributed by atoms with Crippen LogP contribution in [-0.2, 0) is 48.1 Å². The average Bonchev–Trinajstić information content (AvgIpc) is 2.81. The van der Waals surface area contributed by atoms with Crippen LogP contribution in [-0.4, -0.2) is 85.1 Å². The van der Waals surface area contributed by atoms with Crippen molar-refractivity contribution in [2.75, 3.05) is 64.3 Å². The first-order valence-electron chi connectivity index (χ1n) is 12.0. The van der Waals surface area contributed by atoms with Crippen LogP contribution in [0.2, 0.25) is 0 Å². The number of carbonyl (C=O) groups excluding carboxylic acids is 1. The van der Waals surface area contributed by atoms with Gasteiger partial charge in [0.05, 0.1) is 33.0 Å². The minimum atomic E-state index is -0.198. The Bertz CT molecular complexity index is 739. The largest absolute Gasteiger partial charge is 0.392 e. The van der Waals surface area contributed by atoms with Crippen molar-refractivity contribution < 1.29 is 24.5 Å². The summed E-state index contributed by atoms with van der Waals surface area (Å²) in [5, 5.41) is 19.3. The average molecular weight is 517 g/mol. The summed E-state index contributed by atoms with van der Waals surface area (Å²) in [6.45, 7) is 10.4. The van der Waals surface area contributed by atoms with E-state index >= 15 is 0 Å². The summed E-state index contributed by atoms with van der Waals surface area (Å²) in [4.78, 5) is 16.7. The Morgan fingerprint density at radius 3 is 2.15 bits per heavy atom. The topological polar surface area (TPSA) is 82.5 Å². The number of anilines is 1. The molecule has 0 aliphatic carbocycles. The molecule has 0 spiro atoms. The van der Waals surface area contributed by atoms with E-state index < -0.39 is 0 Å². The molecular weight excluding hydrogens is 472 g/mol. The van der Waals surface area contributed by atoms with E-state index in [0.717, 1.165) is 29.8 Å².